The third kappa shape index (κ3) is 3.61. The summed E-state index contributed by atoms with van der Waals surface area (Å²) in [5, 5.41) is 8.92. The van der Waals surface area contributed by atoms with Gasteiger partial charge in [-0.2, -0.15) is 0 Å². The second kappa shape index (κ2) is 6.13. The Morgan fingerprint density at radius 1 is 1.14 bits per heavy atom. The molecule has 0 saturated carbocycles. The van der Waals surface area contributed by atoms with Crippen LogP contribution >= 0.6 is 11.6 Å². The second-order valence-electron chi connectivity index (χ2n) is 5.46. The van der Waals surface area contributed by atoms with E-state index in [9.17, 15) is 0 Å². The number of rotatable bonds is 3. The molecular formula is C15H18ClN3O2. The van der Waals surface area contributed by atoms with E-state index in [-0.39, 0.29) is 12.2 Å². The Morgan fingerprint density at radius 2 is 1.81 bits per heavy atom. The Hall–Kier alpha value is -1.43. The maximum atomic E-state index is 5.88. The summed E-state index contributed by atoms with van der Waals surface area (Å²) in [4.78, 5) is 2.28. The fourth-order valence-electron chi connectivity index (χ4n) is 2.63. The normalized spacial score (nSPS) is 23.4. The van der Waals surface area contributed by atoms with Crippen LogP contribution in [-0.2, 0) is 11.3 Å². The van der Waals surface area contributed by atoms with Gasteiger partial charge in [-0.15, -0.1) is 10.2 Å². The summed E-state index contributed by atoms with van der Waals surface area (Å²) >= 11 is 5.88. The zero-order valence-electron chi connectivity index (χ0n) is 12.1. The molecule has 0 bridgehead atoms. The first-order chi connectivity index (χ1) is 10.1. The molecule has 5 nitrogen and oxygen atoms in total. The first-order valence-corrected chi connectivity index (χ1v) is 7.44. The topological polar surface area (TPSA) is 51.4 Å². The van der Waals surface area contributed by atoms with E-state index in [1.807, 2.05) is 24.3 Å². The molecule has 0 unspecified atom stereocenters. The SMILES string of the molecule is C[C@@H]1CN(Cc2nnc(-c3ccc(Cl)cc3)o2)C[C@@H](C)O1. The van der Waals surface area contributed by atoms with Crippen molar-refractivity contribution in [2.45, 2.75) is 32.6 Å². The Morgan fingerprint density at radius 3 is 2.48 bits per heavy atom. The standard InChI is InChI=1S/C15H18ClN3O2/c1-10-7-19(8-11(2)20-10)9-14-17-18-15(21-14)12-3-5-13(16)6-4-12/h3-6,10-11H,7-9H2,1-2H3/t10-,11-/m1/s1. The van der Waals surface area contributed by atoms with Crippen LogP contribution in [0.3, 0.4) is 0 Å². The highest BCUT2D eigenvalue weighted by Gasteiger charge is 2.23. The largest absolute Gasteiger partial charge is 0.419 e. The lowest BCUT2D eigenvalue weighted by atomic mass is 10.2. The van der Waals surface area contributed by atoms with E-state index in [1.54, 1.807) is 0 Å². The van der Waals surface area contributed by atoms with Crippen molar-refractivity contribution in [3.63, 3.8) is 0 Å². The van der Waals surface area contributed by atoms with Gasteiger partial charge in [-0.3, -0.25) is 4.90 Å². The van der Waals surface area contributed by atoms with Gasteiger partial charge in [-0.05, 0) is 38.1 Å². The average Bonchev–Trinajstić information content (AvgIpc) is 2.87. The van der Waals surface area contributed by atoms with Crippen LogP contribution in [-0.4, -0.2) is 40.4 Å². The summed E-state index contributed by atoms with van der Waals surface area (Å²) in [5.41, 5.74) is 0.877. The molecule has 21 heavy (non-hydrogen) atoms. The van der Waals surface area contributed by atoms with Gasteiger partial charge in [0.15, 0.2) is 0 Å². The molecular weight excluding hydrogens is 290 g/mol. The number of hydrogen-bond donors (Lipinski definition) is 0. The van der Waals surface area contributed by atoms with Crippen LogP contribution in [0.25, 0.3) is 11.5 Å². The first-order valence-electron chi connectivity index (χ1n) is 7.06. The van der Waals surface area contributed by atoms with Gasteiger partial charge in [0.05, 0.1) is 18.8 Å². The molecule has 0 amide bonds. The quantitative estimate of drug-likeness (QED) is 0.872. The Labute approximate surface area is 128 Å². The second-order valence-corrected chi connectivity index (χ2v) is 5.90. The van der Waals surface area contributed by atoms with Gasteiger partial charge in [0, 0.05) is 23.7 Å². The van der Waals surface area contributed by atoms with Crippen molar-refractivity contribution >= 4 is 11.6 Å². The lowest BCUT2D eigenvalue weighted by Crippen LogP contribution is -2.44. The maximum Gasteiger partial charge on any atom is 0.247 e. The van der Waals surface area contributed by atoms with Gasteiger partial charge in [-0.1, -0.05) is 11.6 Å². The zero-order valence-corrected chi connectivity index (χ0v) is 12.9. The number of hydrogen-bond acceptors (Lipinski definition) is 5. The molecule has 2 atom stereocenters. The molecule has 2 heterocycles. The van der Waals surface area contributed by atoms with E-state index >= 15 is 0 Å². The monoisotopic (exact) mass is 307 g/mol. The molecule has 1 saturated heterocycles. The molecule has 1 aliphatic heterocycles. The van der Waals surface area contributed by atoms with Gasteiger partial charge < -0.3 is 9.15 Å². The summed E-state index contributed by atoms with van der Waals surface area (Å²) in [5.74, 6) is 1.15. The minimum atomic E-state index is 0.229. The molecule has 1 aliphatic rings. The number of ether oxygens (including phenoxy) is 1. The summed E-state index contributed by atoms with van der Waals surface area (Å²) in [7, 11) is 0. The van der Waals surface area contributed by atoms with E-state index in [0.29, 0.717) is 23.3 Å². The highest BCUT2D eigenvalue weighted by Crippen LogP contribution is 2.21. The van der Waals surface area contributed by atoms with Gasteiger partial charge >= 0.3 is 0 Å². The number of benzene rings is 1. The summed E-state index contributed by atoms with van der Waals surface area (Å²) in [6.07, 6.45) is 0.458. The molecule has 3 rings (SSSR count). The Kier molecular flexibility index (Phi) is 4.24. The fraction of sp³-hybridized carbons (Fsp3) is 0.467. The third-order valence-electron chi connectivity index (χ3n) is 3.41. The molecule has 0 N–H and O–H groups in total. The Bertz CT molecular complexity index is 589. The molecule has 6 heteroatoms. The van der Waals surface area contributed by atoms with E-state index in [0.717, 1.165) is 18.7 Å². The maximum absolute atomic E-state index is 5.88. The first kappa shape index (κ1) is 14.5. The van der Waals surface area contributed by atoms with Crippen LogP contribution in [0.2, 0.25) is 5.02 Å². The fourth-order valence-corrected chi connectivity index (χ4v) is 2.76. The summed E-state index contributed by atoms with van der Waals surface area (Å²) < 4.78 is 11.5. The van der Waals surface area contributed by atoms with Crippen LogP contribution in [0.15, 0.2) is 28.7 Å². The van der Waals surface area contributed by atoms with Crippen molar-refractivity contribution in [2.24, 2.45) is 0 Å². The van der Waals surface area contributed by atoms with Crippen LogP contribution in [0.4, 0.5) is 0 Å². The van der Waals surface area contributed by atoms with Crippen molar-refractivity contribution in [1.29, 1.82) is 0 Å². The molecule has 1 fully saturated rings. The molecule has 112 valence electrons. The zero-order chi connectivity index (χ0) is 14.8. The highest BCUT2D eigenvalue weighted by molar-refractivity contribution is 6.30. The Balaban J connectivity index is 1.69. The predicted octanol–water partition coefficient (Wildman–Crippen LogP) is 3.00. The molecule has 0 aliphatic carbocycles. The van der Waals surface area contributed by atoms with Crippen LogP contribution in [0.5, 0.6) is 0 Å². The minimum Gasteiger partial charge on any atom is -0.419 e. The lowest BCUT2D eigenvalue weighted by Gasteiger charge is -2.34. The smallest absolute Gasteiger partial charge is 0.247 e. The number of aromatic nitrogens is 2. The van der Waals surface area contributed by atoms with Gasteiger partial charge in [0.25, 0.3) is 0 Å². The van der Waals surface area contributed by atoms with Crippen molar-refractivity contribution in [3.05, 3.63) is 35.2 Å². The average molecular weight is 308 g/mol. The van der Waals surface area contributed by atoms with E-state index in [2.05, 4.69) is 28.9 Å². The van der Waals surface area contributed by atoms with Crippen LogP contribution < -0.4 is 0 Å². The molecule has 1 aromatic heterocycles. The van der Waals surface area contributed by atoms with Crippen molar-refractivity contribution < 1.29 is 9.15 Å². The summed E-state index contributed by atoms with van der Waals surface area (Å²) in [6, 6.07) is 7.37. The predicted molar refractivity (Wildman–Crippen MR) is 80.0 cm³/mol. The summed E-state index contributed by atoms with van der Waals surface area (Å²) in [6.45, 7) is 6.57. The third-order valence-corrected chi connectivity index (χ3v) is 3.66. The van der Waals surface area contributed by atoms with E-state index in [4.69, 9.17) is 20.8 Å². The van der Waals surface area contributed by atoms with E-state index in [1.165, 1.54) is 0 Å². The number of morpholine rings is 1. The van der Waals surface area contributed by atoms with E-state index < -0.39 is 0 Å². The van der Waals surface area contributed by atoms with Crippen molar-refractivity contribution in [1.82, 2.24) is 15.1 Å². The van der Waals surface area contributed by atoms with Crippen molar-refractivity contribution in [2.75, 3.05) is 13.1 Å². The van der Waals surface area contributed by atoms with Crippen molar-refractivity contribution in [3.8, 4) is 11.5 Å². The molecule has 2 aromatic rings. The van der Waals surface area contributed by atoms with Crippen LogP contribution in [0, 0.1) is 0 Å². The van der Waals surface area contributed by atoms with Gasteiger partial charge in [0.2, 0.25) is 11.8 Å². The van der Waals surface area contributed by atoms with Crippen LogP contribution in [0.1, 0.15) is 19.7 Å². The lowest BCUT2D eigenvalue weighted by molar-refractivity contribution is -0.0721. The number of halogens is 1. The minimum absolute atomic E-state index is 0.229. The van der Waals surface area contributed by atoms with Gasteiger partial charge in [0.1, 0.15) is 0 Å². The highest BCUT2D eigenvalue weighted by atomic mass is 35.5. The molecule has 0 radical (unpaired) electrons. The molecule has 0 spiro atoms. The molecule has 1 aromatic carbocycles. The van der Waals surface area contributed by atoms with Gasteiger partial charge in [-0.25, -0.2) is 0 Å². The number of nitrogens with zero attached hydrogens (tertiary/aromatic N) is 3.